The van der Waals surface area contributed by atoms with E-state index in [9.17, 15) is 0 Å². The zero-order valence-electron chi connectivity index (χ0n) is 8.32. The lowest BCUT2D eigenvalue weighted by Crippen LogP contribution is -2.07. The SMILES string of the molecule is CN(C)c1ccc(-c2cc[c]s2)cc1. The molecule has 1 nitrogen and oxygen atoms in total. The summed E-state index contributed by atoms with van der Waals surface area (Å²) in [4.78, 5) is 3.37. The normalized spacial score (nSPS) is 10.1. The summed E-state index contributed by atoms with van der Waals surface area (Å²) in [5, 5.41) is 3.10. The molecule has 2 aromatic rings. The number of benzene rings is 1. The summed E-state index contributed by atoms with van der Waals surface area (Å²) in [7, 11) is 4.10. The minimum absolute atomic E-state index is 1.23. The Morgan fingerprint density at radius 3 is 2.29 bits per heavy atom. The predicted octanol–water partition coefficient (Wildman–Crippen LogP) is 3.28. The van der Waals surface area contributed by atoms with Gasteiger partial charge in [0, 0.05) is 30.0 Å². The maximum absolute atomic E-state index is 3.10. The number of rotatable bonds is 2. The van der Waals surface area contributed by atoms with Gasteiger partial charge in [-0.05, 0) is 29.8 Å². The number of anilines is 1. The smallest absolute Gasteiger partial charge is 0.0449 e. The Morgan fingerprint density at radius 1 is 1.07 bits per heavy atom. The van der Waals surface area contributed by atoms with Crippen molar-refractivity contribution in [3.05, 3.63) is 41.8 Å². The van der Waals surface area contributed by atoms with E-state index < -0.39 is 0 Å². The lowest BCUT2D eigenvalue weighted by molar-refractivity contribution is 1.13. The van der Waals surface area contributed by atoms with E-state index in [-0.39, 0.29) is 0 Å². The van der Waals surface area contributed by atoms with Crippen molar-refractivity contribution >= 4 is 17.0 Å². The molecule has 0 aliphatic heterocycles. The lowest BCUT2D eigenvalue weighted by Gasteiger charge is -2.12. The number of thiophene rings is 1. The predicted molar refractivity (Wildman–Crippen MR) is 62.9 cm³/mol. The third-order valence-corrected chi connectivity index (χ3v) is 2.99. The van der Waals surface area contributed by atoms with Crippen LogP contribution in [-0.4, -0.2) is 14.1 Å². The van der Waals surface area contributed by atoms with Crippen LogP contribution < -0.4 is 4.90 Å². The van der Waals surface area contributed by atoms with E-state index in [0.29, 0.717) is 0 Å². The molecule has 1 aromatic carbocycles. The molecule has 0 aliphatic carbocycles. The van der Waals surface area contributed by atoms with E-state index in [4.69, 9.17) is 0 Å². The van der Waals surface area contributed by atoms with Gasteiger partial charge in [0.05, 0.1) is 0 Å². The first kappa shape index (κ1) is 9.28. The zero-order valence-corrected chi connectivity index (χ0v) is 9.14. The molecule has 14 heavy (non-hydrogen) atoms. The van der Waals surface area contributed by atoms with Crippen LogP contribution in [0.1, 0.15) is 0 Å². The van der Waals surface area contributed by atoms with Gasteiger partial charge in [0.25, 0.3) is 0 Å². The molecular formula is C12H12NS. The Labute approximate surface area is 88.6 Å². The first-order chi connectivity index (χ1) is 6.77. The summed E-state index contributed by atoms with van der Waals surface area (Å²) >= 11 is 1.65. The molecule has 0 spiro atoms. The van der Waals surface area contributed by atoms with Gasteiger partial charge in [0.15, 0.2) is 0 Å². The first-order valence-corrected chi connectivity index (χ1v) is 5.32. The Kier molecular flexibility index (Phi) is 2.55. The molecule has 2 heteroatoms. The van der Waals surface area contributed by atoms with Crippen LogP contribution in [0.2, 0.25) is 0 Å². The molecule has 0 aliphatic rings. The average molecular weight is 202 g/mol. The molecule has 0 saturated carbocycles. The van der Waals surface area contributed by atoms with Crippen molar-refractivity contribution in [3.63, 3.8) is 0 Å². The second-order valence-corrected chi connectivity index (χ2v) is 4.24. The van der Waals surface area contributed by atoms with Gasteiger partial charge in [0.2, 0.25) is 0 Å². The van der Waals surface area contributed by atoms with Crippen molar-refractivity contribution in [3.8, 4) is 10.4 Å². The molecule has 0 unspecified atom stereocenters. The van der Waals surface area contributed by atoms with Crippen LogP contribution in [0.4, 0.5) is 5.69 Å². The van der Waals surface area contributed by atoms with Crippen LogP contribution in [0.3, 0.4) is 0 Å². The van der Waals surface area contributed by atoms with Gasteiger partial charge in [-0.15, -0.1) is 11.3 Å². The van der Waals surface area contributed by atoms with Crippen LogP contribution >= 0.6 is 11.3 Å². The van der Waals surface area contributed by atoms with Gasteiger partial charge in [-0.1, -0.05) is 12.1 Å². The van der Waals surface area contributed by atoms with Gasteiger partial charge in [0.1, 0.15) is 0 Å². The summed E-state index contributed by atoms with van der Waals surface area (Å²) in [6.45, 7) is 0. The van der Waals surface area contributed by atoms with Crippen LogP contribution in [0.25, 0.3) is 10.4 Å². The van der Waals surface area contributed by atoms with Gasteiger partial charge >= 0.3 is 0 Å². The second kappa shape index (κ2) is 3.84. The van der Waals surface area contributed by atoms with E-state index in [2.05, 4.69) is 40.6 Å². The van der Waals surface area contributed by atoms with Crippen molar-refractivity contribution in [1.82, 2.24) is 0 Å². The van der Waals surface area contributed by atoms with Crippen LogP contribution in [0.15, 0.2) is 36.4 Å². The average Bonchev–Trinajstić information content (AvgIpc) is 2.71. The standard InChI is InChI=1S/C12H12NS/c1-13(2)11-7-5-10(6-8-11)12-4-3-9-14-12/h3-8H,1-2H3. The number of hydrogen-bond donors (Lipinski definition) is 0. The first-order valence-electron chi connectivity index (χ1n) is 4.51. The minimum atomic E-state index is 1.23. The lowest BCUT2D eigenvalue weighted by atomic mass is 10.2. The molecule has 71 valence electrons. The fraction of sp³-hybridized carbons (Fsp3) is 0.167. The van der Waals surface area contributed by atoms with Crippen LogP contribution in [-0.2, 0) is 0 Å². The molecule has 0 atom stereocenters. The number of hydrogen-bond acceptors (Lipinski definition) is 2. The van der Waals surface area contributed by atoms with Crippen molar-refractivity contribution in [1.29, 1.82) is 0 Å². The fourth-order valence-electron chi connectivity index (χ4n) is 1.32. The molecule has 0 N–H and O–H groups in total. The monoisotopic (exact) mass is 202 g/mol. The summed E-state index contributed by atoms with van der Waals surface area (Å²) < 4.78 is 0. The molecule has 2 rings (SSSR count). The third kappa shape index (κ3) is 1.80. The highest BCUT2D eigenvalue weighted by molar-refractivity contribution is 7.13. The van der Waals surface area contributed by atoms with E-state index in [1.54, 1.807) is 11.3 Å². The summed E-state index contributed by atoms with van der Waals surface area (Å²) in [6.07, 6.45) is 0. The van der Waals surface area contributed by atoms with Gasteiger partial charge < -0.3 is 4.90 Å². The number of nitrogens with zero attached hydrogens (tertiary/aromatic N) is 1. The van der Waals surface area contributed by atoms with E-state index in [1.807, 2.05) is 20.2 Å². The van der Waals surface area contributed by atoms with Crippen molar-refractivity contribution in [2.75, 3.05) is 19.0 Å². The Hall–Kier alpha value is -1.28. The maximum Gasteiger partial charge on any atom is 0.0449 e. The van der Waals surface area contributed by atoms with Crippen molar-refractivity contribution in [2.45, 2.75) is 0 Å². The van der Waals surface area contributed by atoms with Gasteiger partial charge in [-0.25, -0.2) is 0 Å². The Bertz CT molecular complexity index is 387. The zero-order chi connectivity index (χ0) is 9.97. The molecule has 1 heterocycles. The minimum Gasteiger partial charge on any atom is -0.378 e. The summed E-state index contributed by atoms with van der Waals surface area (Å²) in [6, 6.07) is 12.6. The highest BCUT2D eigenvalue weighted by Crippen LogP contribution is 2.25. The summed E-state index contributed by atoms with van der Waals surface area (Å²) in [5.41, 5.74) is 2.50. The van der Waals surface area contributed by atoms with E-state index in [1.165, 1.54) is 16.1 Å². The second-order valence-electron chi connectivity index (χ2n) is 3.36. The Morgan fingerprint density at radius 2 is 1.79 bits per heavy atom. The third-order valence-electron chi connectivity index (χ3n) is 2.14. The highest BCUT2D eigenvalue weighted by Gasteiger charge is 1.99. The molecule has 0 amide bonds. The van der Waals surface area contributed by atoms with Gasteiger partial charge in [-0.2, -0.15) is 0 Å². The fourth-order valence-corrected chi connectivity index (χ4v) is 1.97. The molecule has 1 radical (unpaired) electrons. The highest BCUT2D eigenvalue weighted by atomic mass is 32.1. The summed E-state index contributed by atoms with van der Waals surface area (Å²) in [5.74, 6) is 0. The van der Waals surface area contributed by atoms with Crippen molar-refractivity contribution in [2.24, 2.45) is 0 Å². The molecule has 1 aromatic heterocycles. The van der Waals surface area contributed by atoms with E-state index in [0.717, 1.165) is 0 Å². The quantitative estimate of drug-likeness (QED) is 0.722. The van der Waals surface area contributed by atoms with E-state index >= 15 is 0 Å². The molecule has 0 saturated heterocycles. The van der Waals surface area contributed by atoms with Crippen LogP contribution in [0, 0.1) is 5.38 Å². The maximum atomic E-state index is 3.10. The van der Waals surface area contributed by atoms with Crippen LogP contribution in [0.5, 0.6) is 0 Å². The largest absolute Gasteiger partial charge is 0.378 e. The molecule has 0 fully saturated rings. The van der Waals surface area contributed by atoms with Gasteiger partial charge in [-0.3, -0.25) is 0 Å². The topological polar surface area (TPSA) is 3.24 Å². The molecular weight excluding hydrogens is 190 g/mol. The van der Waals surface area contributed by atoms with Crippen molar-refractivity contribution < 1.29 is 0 Å². The molecule has 0 bridgehead atoms. The Balaban J connectivity index is 2.31.